The van der Waals surface area contributed by atoms with Gasteiger partial charge in [-0.25, -0.2) is 4.39 Å². The second-order valence-corrected chi connectivity index (χ2v) is 5.32. The van der Waals surface area contributed by atoms with Gasteiger partial charge in [-0.2, -0.15) is 0 Å². The minimum Gasteiger partial charge on any atom is -0.496 e. The van der Waals surface area contributed by atoms with Crippen LogP contribution in [0.2, 0.25) is 0 Å². The van der Waals surface area contributed by atoms with Crippen LogP contribution in [0.3, 0.4) is 0 Å². The lowest BCUT2D eigenvalue weighted by Crippen LogP contribution is -2.19. The lowest BCUT2D eigenvalue weighted by Gasteiger charge is -2.18. The molecule has 0 aliphatic carbocycles. The van der Waals surface area contributed by atoms with E-state index < -0.39 is 0 Å². The Hall–Kier alpha value is -2.07. The first-order chi connectivity index (χ1) is 10.5. The summed E-state index contributed by atoms with van der Waals surface area (Å²) < 4.78 is 24.0. The Morgan fingerprint density at radius 3 is 2.36 bits per heavy atom. The van der Waals surface area contributed by atoms with Crippen molar-refractivity contribution in [3.63, 3.8) is 0 Å². The number of rotatable bonds is 6. The van der Waals surface area contributed by atoms with Gasteiger partial charge in [-0.3, -0.25) is 0 Å². The van der Waals surface area contributed by atoms with Crippen molar-refractivity contribution < 1.29 is 13.9 Å². The van der Waals surface area contributed by atoms with Crippen LogP contribution in [0.5, 0.6) is 11.5 Å². The van der Waals surface area contributed by atoms with Gasteiger partial charge in [-0.1, -0.05) is 23.8 Å². The molecule has 0 saturated heterocycles. The van der Waals surface area contributed by atoms with Crippen LogP contribution in [-0.2, 0) is 6.54 Å². The van der Waals surface area contributed by atoms with Gasteiger partial charge in [0.15, 0.2) is 11.6 Å². The molecular weight excluding hydrogens is 281 g/mol. The first kappa shape index (κ1) is 16.3. The molecule has 1 unspecified atom stereocenters. The van der Waals surface area contributed by atoms with E-state index in [4.69, 9.17) is 9.47 Å². The Kier molecular flexibility index (Phi) is 5.39. The van der Waals surface area contributed by atoms with Gasteiger partial charge in [0.25, 0.3) is 0 Å². The molecule has 1 atom stereocenters. The predicted molar refractivity (Wildman–Crippen MR) is 85.9 cm³/mol. The van der Waals surface area contributed by atoms with E-state index in [1.165, 1.54) is 18.7 Å². The van der Waals surface area contributed by atoms with E-state index in [1.54, 1.807) is 13.2 Å². The summed E-state index contributed by atoms with van der Waals surface area (Å²) in [7, 11) is 3.13. The molecule has 0 radical (unpaired) electrons. The van der Waals surface area contributed by atoms with Gasteiger partial charge in [0.1, 0.15) is 5.75 Å². The molecule has 2 rings (SSSR count). The molecule has 22 heavy (non-hydrogen) atoms. The van der Waals surface area contributed by atoms with Crippen LogP contribution in [0.4, 0.5) is 4.39 Å². The van der Waals surface area contributed by atoms with Crippen molar-refractivity contribution in [3.05, 3.63) is 58.9 Å². The van der Waals surface area contributed by atoms with Crippen molar-refractivity contribution in [1.82, 2.24) is 5.32 Å². The van der Waals surface area contributed by atoms with Crippen LogP contribution >= 0.6 is 0 Å². The smallest absolute Gasteiger partial charge is 0.165 e. The lowest BCUT2D eigenvalue weighted by molar-refractivity contribution is 0.385. The normalized spacial score (nSPS) is 12.0. The zero-order chi connectivity index (χ0) is 16.1. The fraction of sp³-hybridized carbons (Fsp3) is 0.333. The molecule has 0 fully saturated rings. The first-order valence-electron chi connectivity index (χ1n) is 7.25. The third-order valence-electron chi connectivity index (χ3n) is 3.68. The third-order valence-corrected chi connectivity index (χ3v) is 3.68. The Bertz CT molecular complexity index is 643. The molecule has 0 aliphatic rings. The summed E-state index contributed by atoms with van der Waals surface area (Å²) in [5.41, 5.74) is 3.15. The van der Waals surface area contributed by atoms with Crippen molar-refractivity contribution in [3.8, 4) is 11.5 Å². The molecule has 2 aromatic carbocycles. The number of nitrogens with one attached hydrogen (secondary N) is 1. The van der Waals surface area contributed by atoms with Crippen LogP contribution in [0.1, 0.15) is 29.7 Å². The Morgan fingerprint density at radius 1 is 1.05 bits per heavy atom. The highest BCUT2D eigenvalue weighted by Crippen LogP contribution is 2.26. The van der Waals surface area contributed by atoms with Crippen LogP contribution in [0.25, 0.3) is 0 Å². The summed E-state index contributed by atoms with van der Waals surface area (Å²) in [5, 5.41) is 3.39. The Morgan fingerprint density at radius 2 is 1.73 bits per heavy atom. The molecule has 3 nitrogen and oxygen atoms in total. The second kappa shape index (κ2) is 7.27. The predicted octanol–water partition coefficient (Wildman–Crippen LogP) is 4.00. The number of aryl methyl sites for hydroxylation is 1. The van der Waals surface area contributed by atoms with Gasteiger partial charge in [0, 0.05) is 18.2 Å². The quantitative estimate of drug-likeness (QED) is 0.875. The summed E-state index contributed by atoms with van der Waals surface area (Å²) in [6.45, 7) is 4.69. The van der Waals surface area contributed by atoms with Crippen molar-refractivity contribution in [2.24, 2.45) is 0 Å². The van der Waals surface area contributed by atoms with Gasteiger partial charge >= 0.3 is 0 Å². The van der Waals surface area contributed by atoms with E-state index in [-0.39, 0.29) is 17.6 Å². The summed E-state index contributed by atoms with van der Waals surface area (Å²) >= 11 is 0. The summed E-state index contributed by atoms with van der Waals surface area (Å²) in [5.74, 6) is 0.770. The van der Waals surface area contributed by atoms with Crippen LogP contribution in [0.15, 0.2) is 36.4 Å². The monoisotopic (exact) mass is 303 g/mol. The highest BCUT2D eigenvalue weighted by Gasteiger charge is 2.12. The van der Waals surface area contributed by atoms with Gasteiger partial charge < -0.3 is 14.8 Å². The maximum atomic E-state index is 13.7. The standard InChI is InChI=1S/C18H22FNO2/c1-12-5-7-17(21-3)15(9-12)13(2)20-11-14-6-8-18(22-4)16(19)10-14/h5-10,13,20H,11H2,1-4H3. The Balaban J connectivity index is 2.08. The average molecular weight is 303 g/mol. The fourth-order valence-electron chi connectivity index (χ4n) is 2.39. The molecule has 4 heteroatoms. The SMILES string of the molecule is COc1ccc(CNC(C)c2cc(C)ccc2OC)cc1F. The first-order valence-corrected chi connectivity index (χ1v) is 7.25. The number of methoxy groups -OCH3 is 2. The van der Waals surface area contributed by atoms with E-state index in [1.807, 2.05) is 18.2 Å². The minimum atomic E-state index is -0.345. The molecule has 118 valence electrons. The molecule has 0 aromatic heterocycles. The second-order valence-electron chi connectivity index (χ2n) is 5.32. The van der Waals surface area contributed by atoms with E-state index in [0.29, 0.717) is 6.54 Å². The van der Waals surface area contributed by atoms with Gasteiger partial charge in [0.2, 0.25) is 0 Å². The van der Waals surface area contributed by atoms with Crippen LogP contribution in [-0.4, -0.2) is 14.2 Å². The highest BCUT2D eigenvalue weighted by atomic mass is 19.1. The molecule has 0 saturated carbocycles. The van der Waals surface area contributed by atoms with Crippen LogP contribution in [0, 0.1) is 12.7 Å². The highest BCUT2D eigenvalue weighted by molar-refractivity contribution is 5.39. The van der Waals surface area contributed by atoms with E-state index in [9.17, 15) is 4.39 Å². The molecule has 0 heterocycles. The third kappa shape index (κ3) is 3.77. The fourth-order valence-corrected chi connectivity index (χ4v) is 2.39. The number of halogens is 1. The zero-order valence-corrected chi connectivity index (χ0v) is 13.4. The van der Waals surface area contributed by atoms with E-state index in [2.05, 4.69) is 25.2 Å². The Labute approximate surface area is 131 Å². The zero-order valence-electron chi connectivity index (χ0n) is 13.4. The minimum absolute atomic E-state index is 0.0972. The van der Waals surface area contributed by atoms with Gasteiger partial charge in [-0.15, -0.1) is 0 Å². The lowest BCUT2D eigenvalue weighted by atomic mass is 10.0. The summed E-state index contributed by atoms with van der Waals surface area (Å²) in [4.78, 5) is 0. The molecular formula is C18H22FNO2. The van der Waals surface area contributed by atoms with Crippen LogP contribution < -0.4 is 14.8 Å². The molecule has 2 aromatic rings. The van der Waals surface area contributed by atoms with E-state index >= 15 is 0 Å². The van der Waals surface area contributed by atoms with Crippen molar-refractivity contribution >= 4 is 0 Å². The maximum Gasteiger partial charge on any atom is 0.165 e. The molecule has 0 aliphatic heterocycles. The average Bonchev–Trinajstić information content (AvgIpc) is 2.52. The number of ether oxygens (including phenoxy) is 2. The summed E-state index contributed by atoms with van der Waals surface area (Å²) in [6.07, 6.45) is 0. The maximum absolute atomic E-state index is 13.7. The number of benzene rings is 2. The molecule has 0 bridgehead atoms. The topological polar surface area (TPSA) is 30.5 Å². The molecule has 0 spiro atoms. The van der Waals surface area contributed by atoms with Crippen molar-refractivity contribution in [2.75, 3.05) is 14.2 Å². The number of hydrogen-bond acceptors (Lipinski definition) is 3. The van der Waals surface area contributed by atoms with Crippen molar-refractivity contribution in [2.45, 2.75) is 26.4 Å². The van der Waals surface area contributed by atoms with E-state index in [0.717, 1.165) is 16.9 Å². The largest absolute Gasteiger partial charge is 0.496 e. The van der Waals surface area contributed by atoms with Crippen molar-refractivity contribution in [1.29, 1.82) is 0 Å². The number of hydrogen-bond donors (Lipinski definition) is 1. The van der Waals surface area contributed by atoms with Gasteiger partial charge in [0.05, 0.1) is 14.2 Å². The molecule has 1 N–H and O–H groups in total. The summed E-state index contributed by atoms with van der Waals surface area (Å²) in [6, 6.07) is 11.2. The molecule has 0 amide bonds. The van der Waals surface area contributed by atoms with Gasteiger partial charge in [-0.05, 0) is 37.6 Å².